The molecule has 0 amide bonds. The minimum atomic E-state index is 0.0427. The van der Waals surface area contributed by atoms with Crippen LogP contribution < -0.4 is 10.1 Å². The van der Waals surface area contributed by atoms with Crippen molar-refractivity contribution in [3.05, 3.63) is 24.0 Å². The lowest BCUT2D eigenvalue weighted by Crippen LogP contribution is -2.37. The molecule has 0 aliphatic heterocycles. The molecule has 0 aliphatic carbocycles. The molecule has 2 atom stereocenters. The number of rotatable bonds is 8. The summed E-state index contributed by atoms with van der Waals surface area (Å²) in [4.78, 5) is 4.49. The average molecular weight is 266 g/mol. The van der Waals surface area contributed by atoms with Crippen LogP contribution in [0.15, 0.2) is 18.3 Å². The van der Waals surface area contributed by atoms with Crippen molar-refractivity contribution in [2.75, 3.05) is 20.8 Å². The summed E-state index contributed by atoms with van der Waals surface area (Å²) >= 11 is 0. The maximum atomic E-state index is 5.67. The molecule has 0 spiro atoms. The maximum Gasteiger partial charge on any atom is 0.142 e. The first kappa shape index (κ1) is 15.9. The van der Waals surface area contributed by atoms with Gasteiger partial charge in [0.05, 0.1) is 19.3 Å². The summed E-state index contributed by atoms with van der Waals surface area (Å²) in [5.74, 6) is 1.20. The first-order chi connectivity index (χ1) is 9.15. The summed E-state index contributed by atoms with van der Waals surface area (Å²) in [6.07, 6.45) is 2.93. The van der Waals surface area contributed by atoms with Crippen molar-refractivity contribution in [2.24, 2.45) is 5.92 Å². The van der Waals surface area contributed by atoms with E-state index < -0.39 is 0 Å². The Kier molecular flexibility index (Phi) is 6.81. The molecule has 0 bridgehead atoms. The van der Waals surface area contributed by atoms with Gasteiger partial charge in [0.25, 0.3) is 0 Å². The Morgan fingerprint density at radius 1 is 1.32 bits per heavy atom. The van der Waals surface area contributed by atoms with Gasteiger partial charge in [-0.05, 0) is 31.0 Å². The number of nitrogens with zero attached hydrogens (tertiary/aromatic N) is 1. The van der Waals surface area contributed by atoms with Gasteiger partial charge in [-0.25, -0.2) is 0 Å². The molecule has 2 unspecified atom stereocenters. The molecule has 1 aromatic heterocycles. The average Bonchev–Trinajstić information content (AvgIpc) is 2.43. The Hall–Kier alpha value is -1.13. The van der Waals surface area contributed by atoms with E-state index in [-0.39, 0.29) is 12.1 Å². The fraction of sp³-hybridized carbons (Fsp3) is 0.667. The lowest BCUT2D eigenvalue weighted by Gasteiger charge is -2.30. The molecule has 0 radical (unpaired) electrons. The highest BCUT2D eigenvalue weighted by molar-refractivity contribution is 5.30. The van der Waals surface area contributed by atoms with E-state index >= 15 is 0 Å². The second-order valence-corrected chi connectivity index (χ2v) is 4.97. The molecule has 108 valence electrons. The number of pyridine rings is 1. The zero-order chi connectivity index (χ0) is 14.3. The van der Waals surface area contributed by atoms with Gasteiger partial charge in [0, 0.05) is 13.3 Å². The highest BCUT2D eigenvalue weighted by atomic mass is 16.5. The lowest BCUT2D eigenvalue weighted by atomic mass is 9.96. The monoisotopic (exact) mass is 266 g/mol. The quantitative estimate of drug-likeness (QED) is 0.785. The minimum absolute atomic E-state index is 0.0427. The van der Waals surface area contributed by atoms with E-state index in [1.54, 1.807) is 20.4 Å². The molecule has 0 saturated carbocycles. The van der Waals surface area contributed by atoms with Crippen molar-refractivity contribution in [1.29, 1.82) is 0 Å². The van der Waals surface area contributed by atoms with Crippen LogP contribution in [0.2, 0.25) is 0 Å². The zero-order valence-electron chi connectivity index (χ0n) is 12.6. The molecule has 0 aromatic carbocycles. The van der Waals surface area contributed by atoms with Crippen LogP contribution in [0.5, 0.6) is 5.75 Å². The second kappa shape index (κ2) is 8.12. The molecule has 4 nitrogen and oxygen atoms in total. The maximum absolute atomic E-state index is 5.67. The molecule has 1 N–H and O–H groups in total. The molecular weight excluding hydrogens is 240 g/mol. The first-order valence-electron chi connectivity index (χ1n) is 6.90. The molecule has 19 heavy (non-hydrogen) atoms. The Labute approximate surface area is 116 Å². The zero-order valence-corrected chi connectivity index (χ0v) is 12.6. The van der Waals surface area contributed by atoms with Gasteiger partial charge in [-0.15, -0.1) is 0 Å². The number of aromatic nitrogens is 1. The molecule has 1 heterocycles. The largest absolute Gasteiger partial charge is 0.495 e. The van der Waals surface area contributed by atoms with Crippen molar-refractivity contribution in [2.45, 2.75) is 39.3 Å². The highest BCUT2D eigenvalue weighted by Gasteiger charge is 2.28. The normalized spacial score (nSPS) is 14.4. The predicted molar refractivity (Wildman–Crippen MR) is 77.5 cm³/mol. The number of ether oxygens (including phenoxy) is 2. The molecular formula is C15H26N2O2. The minimum Gasteiger partial charge on any atom is -0.495 e. The predicted octanol–water partition coefficient (Wildman–Crippen LogP) is 2.80. The molecule has 0 fully saturated rings. The van der Waals surface area contributed by atoms with E-state index in [4.69, 9.17) is 9.47 Å². The lowest BCUT2D eigenvalue weighted by molar-refractivity contribution is 0.0307. The van der Waals surface area contributed by atoms with Crippen LogP contribution in [0.25, 0.3) is 0 Å². The van der Waals surface area contributed by atoms with E-state index in [1.165, 1.54) is 0 Å². The number of methoxy groups -OCH3 is 2. The summed E-state index contributed by atoms with van der Waals surface area (Å²) in [7, 11) is 3.43. The summed E-state index contributed by atoms with van der Waals surface area (Å²) in [6.45, 7) is 7.39. The van der Waals surface area contributed by atoms with Gasteiger partial charge >= 0.3 is 0 Å². The Morgan fingerprint density at radius 3 is 2.58 bits per heavy atom. The van der Waals surface area contributed by atoms with Crippen LogP contribution in [0.3, 0.4) is 0 Å². The van der Waals surface area contributed by atoms with Crippen LogP contribution in [0.1, 0.15) is 38.9 Å². The van der Waals surface area contributed by atoms with Gasteiger partial charge < -0.3 is 14.8 Å². The smallest absolute Gasteiger partial charge is 0.142 e. The van der Waals surface area contributed by atoms with Gasteiger partial charge in [-0.3, -0.25) is 4.98 Å². The van der Waals surface area contributed by atoms with Crippen LogP contribution in [-0.4, -0.2) is 31.9 Å². The Balaban J connectivity index is 3.07. The Bertz CT molecular complexity index is 369. The Morgan fingerprint density at radius 2 is 2.05 bits per heavy atom. The van der Waals surface area contributed by atoms with Gasteiger partial charge in [-0.1, -0.05) is 20.8 Å². The van der Waals surface area contributed by atoms with Crippen LogP contribution in [-0.2, 0) is 4.74 Å². The SMILES string of the molecule is CCCNC(c1ncccc1OC)C(OC)C(C)C. The molecule has 1 rings (SSSR count). The van der Waals surface area contributed by atoms with Crippen LogP contribution >= 0.6 is 0 Å². The summed E-state index contributed by atoms with van der Waals surface area (Å²) < 4.78 is 11.1. The van der Waals surface area contributed by atoms with E-state index in [0.717, 1.165) is 24.4 Å². The topological polar surface area (TPSA) is 43.4 Å². The summed E-state index contributed by atoms with van der Waals surface area (Å²) in [6, 6.07) is 3.87. The van der Waals surface area contributed by atoms with Gasteiger partial charge in [0.2, 0.25) is 0 Å². The van der Waals surface area contributed by atoms with Gasteiger partial charge in [-0.2, -0.15) is 0 Å². The number of hydrogen-bond acceptors (Lipinski definition) is 4. The third-order valence-corrected chi connectivity index (χ3v) is 3.19. The first-order valence-corrected chi connectivity index (χ1v) is 6.90. The van der Waals surface area contributed by atoms with Crippen LogP contribution in [0.4, 0.5) is 0 Å². The van der Waals surface area contributed by atoms with Crippen molar-refractivity contribution in [3.63, 3.8) is 0 Å². The molecule has 0 saturated heterocycles. The van der Waals surface area contributed by atoms with E-state index in [9.17, 15) is 0 Å². The van der Waals surface area contributed by atoms with Crippen molar-refractivity contribution >= 4 is 0 Å². The third kappa shape index (κ3) is 4.18. The van der Waals surface area contributed by atoms with Crippen molar-refractivity contribution < 1.29 is 9.47 Å². The summed E-state index contributed by atoms with van der Waals surface area (Å²) in [5.41, 5.74) is 0.916. The second-order valence-electron chi connectivity index (χ2n) is 4.97. The highest BCUT2D eigenvalue weighted by Crippen LogP contribution is 2.29. The molecule has 4 heteroatoms. The van der Waals surface area contributed by atoms with Crippen molar-refractivity contribution in [1.82, 2.24) is 10.3 Å². The van der Waals surface area contributed by atoms with Crippen molar-refractivity contribution in [3.8, 4) is 5.75 Å². The van der Waals surface area contributed by atoms with Crippen LogP contribution in [0, 0.1) is 5.92 Å². The number of nitrogens with one attached hydrogen (secondary N) is 1. The molecule has 1 aromatic rings. The third-order valence-electron chi connectivity index (χ3n) is 3.19. The van der Waals surface area contributed by atoms with E-state index in [0.29, 0.717) is 5.92 Å². The van der Waals surface area contributed by atoms with E-state index in [2.05, 4.69) is 31.1 Å². The van der Waals surface area contributed by atoms with Gasteiger partial charge in [0.15, 0.2) is 0 Å². The summed E-state index contributed by atoms with van der Waals surface area (Å²) in [5, 5.41) is 3.53. The molecule has 0 aliphatic rings. The van der Waals surface area contributed by atoms with E-state index in [1.807, 2.05) is 12.1 Å². The fourth-order valence-corrected chi connectivity index (χ4v) is 2.27. The standard InChI is InChI=1S/C15H26N2O2/c1-6-9-16-14(15(19-5)11(2)3)13-12(18-4)8-7-10-17-13/h7-8,10-11,14-16H,6,9H2,1-5H3. The van der Waals surface area contributed by atoms with Gasteiger partial charge in [0.1, 0.15) is 11.4 Å². The fourth-order valence-electron chi connectivity index (χ4n) is 2.27. The number of hydrogen-bond donors (Lipinski definition) is 1.